The molecular weight excluding hydrogens is 276 g/mol. The summed E-state index contributed by atoms with van der Waals surface area (Å²) in [5, 5.41) is 0. The Balaban J connectivity index is 1.88. The van der Waals surface area contributed by atoms with Crippen molar-refractivity contribution in [2.75, 3.05) is 6.61 Å². The summed E-state index contributed by atoms with van der Waals surface area (Å²) in [5.41, 5.74) is 2.50. The van der Waals surface area contributed by atoms with Gasteiger partial charge in [-0.3, -0.25) is 0 Å². The summed E-state index contributed by atoms with van der Waals surface area (Å²) in [6.07, 6.45) is 0.940. The third-order valence-corrected chi connectivity index (χ3v) is 3.52. The number of ether oxygens (including phenoxy) is 1. The van der Waals surface area contributed by atoms with Crippen molar-refractivity contribution in [3.8, 4) is 5.75 Å². The third-order valence-electron chi connectivity index (χ3n) is 2.63. The van der Waals surface area contributed by atoms with Crippen LogP contribution in [-0.2, 0) is 6.42 Å². The van der Waals surface area contributed by atoms with E-state index in [4.69, 9.17) is 4.74 Å². The van der Waals surface area contributed by atoms with Gasteiger partial charge in [-0.05, 0) is 36.2 Å². The van der Waals surface area contributed by atoms with Crippen LogP contribution in [-0.4, -0.2) is 6.61 Å². The summed E-state index contributed by atoms with van der Waals surface area (Å²) in [4.78, 5) is 0. The fourth-order valence-electron chi connectivity index (χ4n) is 1.64. The van der Waals surface area contributed by atoms with Gasteiger partial charge in [-0.1, -0.05) is 46.3 Å². The molecule has 0 aromatic heterocycles. The van der Waals surface area contributed by atoms with E-state index in [1.807, 2.05) is 18.2 Å². The molecule has 0 atom stereocenters. The van der Waals surface area contributed by atoms with E-state index in [9.17, 15) is 0 Å². The minimum atomic E-state index is 0.713. The Morgan fingerprint density at radius 3 is 2.53 bits per heavy atom. The van der Waals surface area contributed by atoms with E-state index in [0.29, 0.717) is 6.61 Å². The van der Waals surface area contributed by atoms with Gasteiger partial charge >= 0.3 is 0 Å². The lowest BCUT2D eigenvalue weighted by Crippen LogP contribution is -2.01. The van der Waals surface area contributed by atoms with Crippen LogP contribution < -0.4 is 4.74 Å². The zero-order valence-electron chi connectivity index (χ0n) is 9.82. The molecule has 88 valence electrons. The average molecular weight is 291 g/mol. The molecule has 2 aromatic rings. The van der Waals surface area contributed by atoms with Crippen LogP contribution in [0.3, 0.4) is 0 Å². The Kier molecular flexibility index (Phi) is 4.21. The SMILES string of the molecule is Cc1cc(OCCc2ccccc2)ccc1Br. The molecule has 0 amide bonds. The number of hydrogen-bond donors (Lipinski definition) is 0. The molecule has 0 N–H and O–H groups in total. The molecule has 0 bridgehead atoms. The van der Waals surface area contributed by atoms with Crippen LogP contribution in [0, 0.1) is 6.92 Å². The summed E-state index contributed by atoms with van der Waals surface area (Å²) in [7, 11) is 0. The van der Waals surface area contributed by atoms with E-state index >= 15 is 0 Å². The Bertz CT molecular complexity index is 480. The van der Waals surface area contributed by atoms with Crippen LogP contribution in [0.15, 0.2) is 53.0 Å². The van der Waals surface area contributed by atoms with Crippen LogP contribution in [0.25, 0.3) is 0 Å². The smallest absolute Gasteiger partial charge is 0.119 e. The topological polar surface area (TPSA) is 9.23 Å². The predicted octanol–water partition coefficient (Wildman–Crippen LogP) is 4.38. The normalized spacial score (nSPS) is 10.2. The van der Waals surface area contributed by atoms with Gasteiger partial charge < -0.3 is 4.74 Å². The molecule has 0 unspecified atom stereocenters. The van der Waals surface area contributed by atoms with E-state index in [2.05, 4.69) is 53.2 Å². The lowest BCUT2D eigenvalue weighted by Gasteiger charge is -2.07. The standard InChI is InChI=1S/C15H15BrO/c1-12-11-14(7-8-15(12)16)17-10-9-13-5-3-2-4-6-13/h2-8,11H,9-10H2,1H3. The summed E-state index contributed by atoms with van der Waals surface area (Å²) in [6, 6.07) is 16.4. The maximum atomic E-state index is 5.72. The molecule has 2 aromatic carbocycles. The number of benzene rings is 2. The van der Waals surface area contributed by atoms with E-state index in [1.165, 1.54) is 11.1 Å². The molecular formula is C15H15BrO. The first-order valence-corrected chi connectivity index (χ1v) is 6.48. The van der Waals surface area contributed by atoms with Crippen molar-refractivity contribution < 1.29 is 4.74 Å². The Morgan fingerprint density at radius 2 is 1.82 bits per heavy atom. The Morgan fingerprint density at radius 1 is 1.06 bits per heavy atom. The van der Waals surface area contributed by atoms with Crippen LogP contribution in [0.5, 0.6) is 5.75 Å². The van der Waals surface area contributed by atoms with Crippen LogP contribution in [0.4, 0.5) is 0 Å². The van der Waals surface area contributed by atoms with Gasteiger partial charge in [0.25, 0.3) is 0 Å². The van der Waals surface area contributed by atoms with Gasteiger partial charge in [0.05, 0.1) is 6.61 Å². The van der Waals surface area contributed by atoms with Crippen LogP contribution >= 0.6 is 15.9 Å². The summed E-state index contributed by atoms with van der Waals surface area (Å²) >= 11 is 3.48. The van der Waals surface area contributed by atoms with Crippen LogP contribution in [0.2, 0.25) is 0 Å². The molecule has 0 radical (unpaired) electrons. The molecule has 0 aliphatic carbocycles. The molecule has 0 saturated heterocycles. The summed E-state index contributed by atoms with van der Waals surface area (Å²) in [5.74, 6) is 0.932. The van der Waals surface area contributed by atoms with Crippen molar-refractivity contribution in [3.63, 3.8) is 0 Å². The van der Waals surface area contributed by atoms with Crippen molar-refractivity contribution in [2.24, 2.45) is 0 Å². The van der Waals surface area contributed by atoms with Gasteiger partial charge in [0, 0.05) is 10.9 Å². The maximum Gasteiger partial charge on any atom is 0.119 e. The highest BCUT2D eigenvalue weighted by molar-refractivity contribution is 9.10. The van der Waals surface area contributed by atoms with Crippen molar-refractivity contribution in [1.29, 1.82) is 0 Å². The van der Waals surface area contributed by atoms with E-state index in [-0.39, 0.29) is 0 Å². The lowest BCUT2D eigenvalue weighted by atomic mass is 10.2. The molecule has 0 aliphatic heterocycles. The highest BCUT2D eigenvalue weighted by Crippen LogP contribution is 2.21. The van der Waals surface area contributed by atoms with Crippen LogP contribution in [0.1, 0.15) is 11.1 Å². The van der Waals surface area contributed by atoms with E-state index < -0.39 is 0 Å². The second kappa shape index (κ2) is 5.87. The fourth-order valence-corrected chi connectivity index (χ4v) is 1.89. The van der Waals surface area contributed by atoms with Crippen molar-refractivity contribution in [2.45, 2.75) is 13.3 Å². The molecule has 0 aliphatic rings. The Hall–Kier alpha value is -1.28. The predicted molar refractivity (Wildman–Crippen MR) is 74.5 cm³/mol. The van der Waals surface area contributed by atoms with Crippen molar-refractivity contribution in [1.82, 2.24) is 0 Å². The first-order valence-electron chi connectivity index (χ1n) is 5.68. The molecule has 1 nitrogen and oxygen atoms in total. The maximum absolute atomic E-state index is 5.72. The third kappa shape index (κ3) is 3.60. The number of halogens is 1. The second-order valence-corrected chi connectivity index (χ2v) is 4.85. The van der Waals surface area contributed by atoms with E-state index in [0.717, 1.165) is 16.6 Å². The lowest BCUT2D eigenvalue weighted by molar-refractivity contribution is 0.321. The highest BCUT2D eigenvalue weighted by Gasteiger charge is 1.98. The van der Waals surface area contributed by atoms with Gasteiger partial charge in [-0.15, -0.1) is 0 Å². The number of hydrogen-bond acceptors (Lipinski definition) is 1. The number of aryl methyl sites for hydroxylation is 1. The van der Waals surface area contributed by atoms with Gasteiger partial charge in [0.1, 0.15) is 5.75 Å². The zero-order valence-corrected chi connectivity index (χ0v) is 11.4. The fraction of sp³-hybridized carbons (Fsp3) is 0.200. The second-order valence-electron chi connectivity index (χ2n) is 4.00. The average Bonchev–Trinajstić information content (AvgIpc) is 2.35. The summed E-state index contributed by atoms with van der Waals surface area (Å²) < 4.78 is 6.84. The molecule has 0 spiro atoms. The quantitative estimate of drug-likeness (QED) is 0.812. The van der Waals surface area contributed by atoms with Gasteiger partial charge in [0.15, 0.2) is 0 Å². The van der Waals surface area contributed by atoms with Crippen molar-refractivity contribution >= 4 is 15.9 Å². The molecule has 2 rings (SSSR count). The number of rotatable bonds is 4. The monoisotopic (exact) mass is 290 g/mol. The zero-order chi connectivity index (χ0) is 12.1. The molecule has 0 saturated carbocycles. The molecule has 2 heteroatoms. The van der Waals surface area contributed by atoms with Gasteiger partial charge in [-0.2, -0.15) is 0 Å². The molecule has 0 fully saturated rings. The van der Waals surface area contributed by atoms with Gasteiger partial charge in [0.2, 0.25) is 0 Å². The minimum Gasteiger partial charge on any atom is -0.493 e. The highest BCUT2D eigenvalue weighted by atomic mass is 79.9. The minimum absolute atomic E-state index is 0.713. The molecule has 0 heterocycles. The molecule has 17 heavy (non-hydrogen) atoms. The first kappa shape index (κ1) is 12.2. The largest absolute Gasteiger partial charge is 0.493 e. The van der Waals surface area contributed by atoms with E-state index in [1.54, 1.807) is 0 Å². The Labute approximate surface area is 111 Å². The summed E-state index contributed by atoms with van der Waals surface area (Å²) in [6.45, 7) is 2.78. The van der Waals surface area contributed by atoms with Crippen molar-refractivity contribution in [3.05, 3.63) is 64.1 Å². The first-order chi connectivity index (χ1) is 8.25. The van der Waals surface area contributed by atoms with Gasteiger partial charge in [-0.25, -0.2) is 0 Å².